The Hall–Kier alpha value is -7.53. The first-order valence-electron chi connectivity index (χ1n) is 27.7. The van der Waals surface area contributed by atoms with E-state index in [0.29, 0.717) is 86.2 Å². The van der Waals surface area contributed by atoms with Crippen molar-refractivity contribution in [3.05, 3.63) is 126 Å². The molecule has 2 N–H and O–H groups in total. The van der Waals surface area contributed by atoms with Crippen molar-refractivity contribution in [1.82, 2.24) is 39.5 Å². The normalized spacial score (nSPS) is 21.9. The Labute approximate surface area is 448 Å². The minimum atomic E-state index is -0.790. The molecule has 0 unspecified atom stereocenters. The lowest BCUT2D eigenvalue weighted by Gasteiger charge is -2.48. The number of imide groups is 1. The molecule has 12 rings (SSSR count). The summed E-state index contributed by atoms with van der Waals surface area (Å²) in [7, 11) is 1.84. The fraction of sp³-hybridized carbons (Fsp3) is 0.433. The van der Waals surface area contributed by atoms with Crippen molar-refractivity contribution < 1.29 is 28.4 Å². The number of anilines is 4. The number of nitrogens with zero attached hydrogens (tertiary/aromatic N) is 9. The number of rotatable bonds is 11. The van der Waals surface area contributed by atoms with E-state index in [1.807, 2.05) is 40.8 Å². The van der Waals surface area contributed by atoms with Crippen molar-refractivity contribution in [2.75, 3.05) is 61.4 Å². The van der Waals surface area contributed by atoms with Crippen molar-refractivity contribution in [1.29, 1.82) is 0 Å². The van der Waals surface area contributed by atoms with Crippen LogP contribution in [0.15, 0.2) is 97.5 Å². The van der Waals surface area contributed by atoms with Crippen LogP contribution in [0.2, 0.25) is 0 Å². The highest BCUT2D eigenvalue weighted by molar-refractivity contribution is 6.10. The summed E-state index contributed by atoms with van der Waals surface area (Å²) in [4.78, 5) is 92.5. The number of aromatic nitrogens is 4. The number of nitrogens with one attached hydrogen (secondary N) is 2. The van der Waals surface area contributed by atoms with Gasteiger partial charge in [0.25, 0.3) is 11.8 Å². The number of hydrogen-bond donors (Lipinski definition) is 2. The van der Waals surface area contributed by atoms with E-state index in [0.717, 1.165) is 78.0 Å². The van der Waals surface area contributed by atoms with Gasteiger partial charge in [0.15, 0.2) is 5.82 Å². The van der Waals surface area contributed by atoms with E-state index in [2.05, 4.69) is 56.3 Å². The predicted octanol–water partition coefficient (Wildman–Crippen LogP) is 8.76. The van der Waals surface area contributed by atoms with Crippen LogP contribution in [0.4, 0.5) is 27.4 Å². The van der Waals surface area contributed by atoms with E-state index in [4.69, 9.17) is 9.97 Å². The molecule has 6 aliphatic rings. The van der Waals surface area contributed by atoms with Gasteiger partial charge in [-0.1, -0.05) is 36.8 Å². The molecular weight excluding hydrogens is 974 g/mol. The molecular formula is C60H66FN11O5. The van der Waals surface area contributed by atoms with Crippen LogP contribution in [0.25, 0.3) is 22.3 Å². The number of hydrogen-bond acceptors (Lipinski definition) is 11. The Morgan fingerprint density at radius 2 is 1.56 bits per heavy atom. The van der Waals surface area contributed by atoms with Gasteiger partial charge < -0.3 is 34.4 Å². The first-order valence-corrected chi connectivity index (χ1v) is 27.7. The van der Waals surface area contributed by atoms with Crippen LogP contribution in [0.3, 0.4) is 0 Å². The molecule has 6 aromatic rings. The highest BCUT2D eigenvalue weighted by atomic mass is 19.1. The van der Waals surface area contributed by atoms with Crippen molar-refractivity contribution in [2.45, 2.75) is 120 Å². The van der Waals surface area contributed by atoms with Crippen LogP contribution in [0, 0.1) is 5.82 Å². The lowest BCUT2D eigenvalue weighted by atomic mass is 9.73. The topological polar surface area (TPSA) is 169 Å². The molecule has 1 saturated carbocycles. The number of carbonyl (C=O) groups is 5. The third-order valence-electron chi connectivity index (χ3n) is 17.6. The van der Waals surface area contributed by atoms with Gasteiger partial charge in [-0.05, 0) is 150 Å². The molecule has 1 aliphatic carbocycles. The Morgan fingerprint density at radius 1 is 0.818 bits per heavy atom. The standard InChI is InChI=1S/C60H66FN11O5/c1-37(2)71-36-63-50-34-49(65-55(54(50)71)64-48-10-6-5-9-47(48)61)40-15-18-46-51(31-40)72(44-32-43(33-44)68-25-7-4-8-26-68)59(77)60(46)23-29-70(30-24-60)58(76)39-13-11-38(12-14-39)57(75)67(3)42-21-27-69(28-22-42)52-19-16-41(35-62-52)45-17-20-53(73)66-56(45)74/h5-6,9-16,18-19,31,34-37,42-45H,4,7-8,17,20-30,32-33H2,1-3H3,(H,64,65)(H,66,73,74)/t43?,44?,45-/m1/s1. The maximum absolute atomic E-state index is 15.3. The van der Waals surface area contributed by atoms with Crippen LogP contribution < -0.4 is 20.4 Å². The molecule has 8 heterocycles. The van der Waals surface area contributed by atoms with E-state index in [1.165, 1.54) is 25.3 Å². The van der Waals surface area contributed by atoms with Gasteiger partial charge in [0, 0.05) is 92.4 Å². The molecule has 0 radical (unpaired) electrons. The molecule has 3 aromatic heterocycles. The number of fused-ring (bicyclic) bond motifs is 3. The number of likely N-dealkylation sites (tertiary alicyclic amines) is 2. The van der Waals surface area contributed by atoms with Gasteiger partial charge in [0.05, 0.1) is 34.6 Å². The van der Waals surface area contributed by atoms with Crippen molar-refractivity contribution in [3.8, 4) is 11.3 Å². The molecule has 0 bridgehead atoms. The minimum Gasteiger partial charge on any atom is -0.356 e. The van der Waals surface area contributed by atoms with Crippen LogP contribution in [-0.4, -0.2) is 128 Å². The van der Waals surface area contributed by atoms with Crippen molar-refractivity contribution in [3.63, 3.8) is 0 Å². The first-order chi connectivity index (χ1) is 37.3. The predicted molar refractivity (Wildman–Crippen MR) is 293 cm³/mol. The Bertz CT molecular complexity index is 3260. The zero-order valence-electron chi connectivity index (χ0n) is 44.1. The molecule has 1 atom stereocenters. The van der Waals surface area contributed by atoms with Crippen LogP contribution >= 0.6 is 0 Å². The molecule has 3 aromatic carbocycles. The maximum Gasteiger partial charge on any atom is 0.253 e. The monoisotopic (exact) mass is 1040 g/mol. The molecule has 5 amide bonds. The second kappa shape index (κ2) is 20.4. The number of para-hydroxylation sites is 1. The molecule has 16 nitrogen and oxygen atoms in total. The quantitative estimate of drug-likeness (QED) is 0.119. The van der Waals surface area contributed by atoms with Crippen LogP contribution in [0.1, 0.15) is 128 Å². The smallest absolute Gasteiger partial charge is 0.253 e. The second-order valence-electron chi connectivity index (χ2n) is 22.4. The van der Waals surface area contributed by atoms with Crippen molar-refractivity contribution >= 4 is 63.6 Å². The van der Waals surface area contributed by atoms with E-state index in [1.54, 1.807) is 59.9 Å². The summed E-state index contributed by atoms with van der Waals surface area (Å²) in [5.41, 5.74) is 6.22. The summed E-state index contributed by atoms with van der Waals surface area (Å²) < 4.78 is 17.2. The van der Waals surface area contributed by atoms with Gasteiger partial charge >= 0.3 is 0 Å². The SMILES string of the molecule is CC(C)n1cnc2cc(-c3ccc4c(c3)N(C3CC(N5CCCCC5)C3)C(=O)C43CCN(C(=O)c4ccc(C(=O)N(C)C5CCN(c6ccc([C@H]7CCC(=O)NC7=O)cn6)CC5)cc4)CC3)nc(Nc3ccccc3F)c21. The molecule has 1 spiro atoms. The number of halogens is 1. The van der Waals surface area contributed by atoms with Crippen LogP contribution in [-0.2, 0) is 19.8 Å². The summed E-state index contributed by atoms with van der Waals surface area (Å²) in [6.45, 7) is 8.60. The first kappa shape index (κ1) is 50.3. The third kappa shape index (κ3) is 9.29. The molecule has 5 fully saturated rings. The Morgan fingerprint density at radius 3 is 2.26 bits per heavy atom. The number of benzene rings is 3. The average molecular weight is 1040 g/mol. The van der Waals surface area contributed by atoms with Crippen molar-refractivity contribution in [2.24, 2.45) is 0 Å². The lowest BCUT2D eigenvalue weighted by Crippen LogP contribution is -2.58. The summed E-state index contributed by atoms with van der Waals surface area (Å²) in [5, 5.41) is 5.70. The maximum atomic E-state index is 15.3. The molecule has 17 heteroatoms. The zero-order valence-corrected chi connectivity index (χ0v) is 44.1. The number of amides is 5. The number of imidazole rings is 1. The molecule has 398 valence electrons. The van der Waals surface area contributed by atoms with E-state index in [-0.39, 0.29) is 59.4 Å². The molecule has 77 heavy (non-hydrogen) atoms. The second-order valence-corrected chi connectivity index (χ2v) is 22.4. The van der Waals surface area contributed by atoms with Gasteiger partial charge in [-0.3, -0.25) is 29.3 Å². The fourth-order valence-electron chi connectivity index (χ4n) is 13.0. The van der Waals surface area contributed by atoms with E-state index < -0.39 is 5.41 Å². The minimum absolute atomic E-state index is 0.0263. The number of carbonyl (C=O) groups excluding carboxylic acids is 5. The average Bonchev–Trinajstić information content (AvgIpc) is 4.20. The largest absolute Gasteiger partial charge is 0.356 e. The van der Waals surface area contributed by atoms with Gasteiger partial charge in [0.1, 0.15) is 17.2 Å². The van der Waals surface area contributed by atoms with E-state index in [9.17, 15) is 19.2 Å². The zero-order chi connectivity index (χ0) is 53.1. The van der Waals surface area contributed by atoms with Gasteiger partial charge in [-0.15, -0.1) is 0 Å². The summed E-state index contributed by atoms with van der Waals surface area (Å²) in [5.74, 6) is -0.101. The van der Waals surface area contributed by atoms with Gasteiger partial charge in [-0.2, -0.15) is 0 Å². The third-order valence-corrected chi connectivity index (χ3v) is 17.6. The summed E-state index contributed by atoms with van der Waals surface area (Å²) in [6.07, 6.45) is 12.3. The fourth-order valence-corrected chi connectivity index (χ4v) is 13.0. The van der Waals surface area contributed by atoms with Gasteiger partial charge in [0.2, 0.25) is 17.7 Å². The lowest BCUT2D eigenvalue weighted by molar-refractivity contribution is -0.134. The highest BCUT2D eigenvalue weighted by Gasteiger charge is 2.56. The van der Waals surface area contributed by atoms with E-state index >= 15 is 9.18 Å². The molecule has 4 saturated heterocycles. The summed E-state index contributed by atoms with van der Waals surface area (Å²) in [6, 6.07) is 26.2. The number of piperidine rings is 4. The van der Waals surface area contributed by atoms with Crippen LogP contribution in [0.5, 0.6) is 0 Å². The number of pyridine rings is 2. The summed E-state index contributed by atoms with van der Waals surface area (Å²) >= 11 is 0. The van der Waals surface area contributed by atoms with Gasteiger partial charge in [-0.25, -0.2) is 19.3 Å². The Balaban J connectivity index is 0.732. The highest BCUT2D eigenvalue weighted by Crippen LogP contribution is 2.52. The Kier molecular flexibility index (Phi) is 13.4. The molecule has 5 aliphatic heterocycles.